The number of ether oxygens (including phenoxy) is 1. The third-order valence-electron chi connectivity index (χ3n) is 3.80. The molecule has 2 aromatic carbocycles. The summed E-state index contributed by atoms with van der Waals surface area (Å²) in [6.07, 6.45) is 1.49. The van der Waals surface area contributed by atoms with Crippen molar-refractivity contribution in [2.45, 2.75) is 18.9 Å². The highest BCUT2D eigenvalue weighted by atomic mass is 16.6. The zero-order chi connectivity index (χ0) is 15.4. The van der Waals surface area contributed by atoms with E-state index < -0.39 is 5.97 Å². The Morgan fingerprint density at radius 1 is 1.00 bits per heavy atom. The van der Waals surface area contributed by atoms with Gasteiger partial charge in [0.05, 0.1) is 12.7 Å². The lowest BCUT2D eigenvalue weighted by atomic mass is 9.90. The Hall–Kier alpha value is -2.39. The molecule has 22 heavy (non-hydrogen) atoms. The van der Waals surface area contributed by atoms with Crippen molar-refractivity contribution in [2.75, 3.05) is 6.61 Å². The zero-order valence-corrected chi connectivity index (χ0v) is 12.2. The van der Waals surface area contributed by atoms with E-state index >= 15 is 0 Å². The highest BCUT2D eigenvalue weighted by Crippen LogP contribution is 2.30. The molecule has 2 aromatic rings. The Morgan fingerprint density at radius 3 is 1.91 bits per heavy atom. The number of carbonyl (C=O) groups is 1. The lowest BCUT2D eigenvalue weighted by Gasteiger charge is -2.13. The maximum Gasteiger partial charge on any atom is 0.332 e. The van der Waals surface area contributed by atoms with Gasteiger partial charge < -0.3 is 9.84 Å². The number of aliphatic carboxylic acids is 1. The minimum atomic E-state index is -0.858. The first-order valence-corrected chi connectivity index (χ1v) is 7.44. The Kier molecular flexibility index (Phi) is 4.35. The van der Waals surface area contributed by atoms with Crippen molar-refractivity contribution in [1.82, 2.24) is 0 Å². The van der Waals surface area contributed by atoms with E-state index in [0.717, 1.165) is 29.7 Å². The lowest BCUT2D eigenvalue weighted by molar-refractivity contribution is -0.132. The molecule has 1 heterocycles. The standard InChI is InChI=1S/C19H18O3/c20-19(21)17(12-11-16-13-22-16)18(14-7-3-1-4-8-14)15-9-5-2-6-10-15/h1-10,16H,11-13H2,(H,20,21). The number of epoxide rings is 1. The topological polar surface area (TPSA) is 49.8 Å². The van der Waals surface area contributed by atoms with E-state index in [0.29, 0.717) is 12.0 Å². The minimum absolute atomic E-state index is 0.224. The van der Waals surface area contributed by atoms with E-state index in [1.807, 2.05) is 60.7 Å². The average Bonchev–Trinajstić information content (AvgIpc) is 3.37. The summed E-state index contributed by atoms with van der Waals surface area (Å²) in [4.78, 5) is 11.8. The molecule has 0 saturated carbocycles. The molecule has 1 atom stereocenters. The van der Waals surface area contributed by atoms with Gasteiger partial charge in [-0.05, 0) is 29.5 Å². The monoisotopic (exact) mass is 294 g/mol. The number of carboxylic acid groups (broad SMARTS) is 1. The van der Waals surface area contributed by atoms with Gasteiger partial charge >= 0.3 is 5.97 Å². The summed E-state index contributed by atoms with van der Waals surface area (Å²) in [5.41, 5.74) is 3.12. The van der Waals surface area contributed by atoms with Crippen LogP contribution in [-0.2, 0) is 9.53 Å². The molecule has 1 aliphatic rings. The van der Waals surface area contributed by atoms with Gasteiger partial charge in [0.15, 0.2) is 0 Å². The maximum absolute atomic E-state index is 11.8. The van der Waals surface area contributed by atoms with Crippen LogP contribution in [0, 0.1) is 0 Å². The van der Waals surface area contributed by atoms with Gasteiger partial charge in [-0.15, -0.1) is 0 Å². The summed E-state index contributed by atoms with van der Waals surface area (Å²) in [6, 6.07) is 19.4. The molecule has 1 saturated heterocycles. The quantitative estimate of drug-likeness (QED) is 0.652. The first-order chi connectivity index (χ1) is 10.8. The van der Waals surface area contributed by atoms with E-state index in [4.69, 9.17) is 4.74 Å². The van der Waals surface area contributed by atoms with E-state index in [1.54, 1.807) is 0 Å². The first-order valence-electron chi connectivity index (χ1n) is 7.44. The highest BCUT2D eigenvalue weighted by Gasteiger charge is 2.25. The van der Waals surface area contributed by atoms with Crippen LogP contribution in [0.15, 0.2) is 66.2 Å². The van der Waals surface area contributed by atoms with Crippen LogP contribution in [0.25, 0.3) is 5.57 Å². The van der Waals surface area contributed by atoms with Crippen LogP contribution in [0.5, 0.6) is 0 Å². The largest absolute Gasteiger partial charge is 0.478 e. The molecule has 1 aliphatic heterocycles. The molecule has 1 N–H and O–H groups in total. The molecule has 0 aromatic heterocycles. The first kappa shape index (κ1) is 14.5. The molecule has 1 fully saturated rings. The molecule has 1 unspecified atom stereocenters. The van der Waals surface area contributed by atoms with Crippen LogP contribution in [0.4, 0.5) is 0 Å². The number of hydrogen-bond acceptors (Lipinski definition) is 2. The van der Waals surface area contributed by atoms with Crippen LogP contribution >= 0.6 is 0 Å². The Balaban J connectivity index is 2.08. The van der Waals surface area contributed by atoms with Crippen LogP contribution < -0.4 is 0 Å². The van der Waals surface area contributed by atoms with Gasteiger partial charge in [-0.25, -0.2) is 4.79 Å². The van der Waals surface area contributed by atoms with Gasteiger partial charge in [-0.2, -0.15) is 0 Å². The van der Waals surface area contributed by atoms with Gasteiger partial charge in [0.2, 0.25) is 0 Å². The van der Waals surface area contributed by atoms with Crippen LogP contribution in [0.1, 0.15) is 24.0 Å². The summed E-state index contributed by atoms with van der Waals surface area (Å²) < 4.78 is 5.21. The van der Waals surface area contributed by atoms with Gasteiger partial charge in [0.1, 0.15) is 0 Å². The fourth-order valence-electron chi connectivity index (χ4n) is 2.60. The Bertz CT molecular complexity index is 629. The van der Waals surface area contributed by atoms with Crippen molar-refractivity contribution >= 4 is 11.5 Å². The van der Waals surface area contributed by atoms with E-state index in [-0.39, 0.29) is 6.10 Å². The van der Waals surface area contributed by atoms with E-state index in [9.17, 15) is 9.90 Å². The van der Waals surface area contributed by atoms with Crippen molar-refractivity contribution in [3.05, 3.63) is 77.4 Å². The minimum Gasteiger partial charge on any atom is -0.478 e. The van der Waals surface area contributed by atoms with Crippen LogP contribution in [0.3, 0.4) is 0 Å². The number of rotatable bonds is 6. The fraction of sp³-hybridized carbons (Fsp3) is 0.211. The zero-order valence-electron chi connectivity index (χ0n) is 12.2. The molecule has 3 heteroatoms. The van der Waals surface area contributed by atoms with Crippen LogP contribution in [-0.4, -0.2) is 23.8 Å². The van der Waals surface area contributed by atoms with Crippen molar-refractivity contribution in [2.24, 2.45) is 0 Å². The van der Waals surface area contributed by atoms with E-state index in [1.165, 1.54) is 0 Å². The second-order valence-electron chi connectivity index (χ2n) is 5.38. The number of hydrogen-bond donors (Lipinski definition) is 1. The van der Waals surface area contributed by atoms with Crippen molar-refractivity contribution in [3.8, 4) is 0 Å². The predicted octanol–water partition coefficient (Wildman–Crippen LogP) is 3.75. The number of benzene rings is 2. The summed E-state index contributed by atoms with van der Waals surface area (Å²) in [7, 11) is 0. The molecule has 0 radical (unpaired) electrons. The highest BCUT2D eigenvalue weighted by molar-refractivity contribution is 6.00. The molecule has 0 bridgehead atoms. The molecule has 112 valence electrons. The smallest absolute Gasteiger partial charge is 0.332 e. The van der Waals surface area contributed by atoms with Gasteiger partial charge in [0.25, 0.3) is 0 Å². The van der Waals surface area contributed by atoms with E-state index in [2.05, 4.69) is 0 Å². The van der Waals surface area contributed by atoms with Gasteiger partial charge in [-0.1, -0.05) is 60.7 Å². The molecule has 3 rings (SSSR count). The third kappa shape index (κ3) is 3.43. The molecule has 0 amide bonds. The molecule has 3 nitrogen and oxygen atoms in total. The van der Waals surface area contributed by atoms with Crippen molar-refractivity contribution in [1.29, 1.82) is 0 Å². The summed E-state index contributed by atoms with van der Waals surface area (Å²) in [6.45, 7) is 0.749. The van der Waals surface area contributed by atoms with Gasteiger partial charge in [-0.3, -0.25) is 0 Å². The predicted molar refractivity (Wildman–Crippen MR) is 85.5 cm³/mol. The second kappa shape index (κ2) is 6.58. The third-order valence-corrected chi connectivity index (χ3v) is 3.80. The number of carboxylic acids is 1. The van der Waals surface area contributed by atoms with Crippen molar-refractivity contribution in [3.63, 3.8) is 0 Å². The van der Waals surface area contributed by atoms with Crippen molar-refractivity contribution < 1.29 is 14.6 Å². The maximum atomic E-state index is 11.8. The Morgan fingerprint density at radius 2 is 1.50 bits per heavy atom. The molecule has 0 aliphatic carbocycles. The summed E-state index contributed by atoms with van der Waals surface area (Å²) in [5.74, 6) is -0.858. The molecule has 0 spiro atoms. The average molecular weight is 294 g/mol. The molecular formula is C19H18O3. The van der Waals surface area contributed by atoms with Gasteiger partial charge in [0, 0.05) is 5.57 Å². The summed E-state index contributed by atoms with van der Waals surface area (Å²) in [5, 5.41) is 9.70. The second-order valence-corrected chi connectivity index (χ2v) is 5.38. The SMILES string of the molecule is O=C(O)C(CCC1CO1)=C(c1ccccc1)c1ccccc1. The Labute approximate surface area is 129 Å². The molecular weight excluding hydrogens is 276 g/mol. The fourth-order valence-corrected chi connectivity index (χ4v) is 2.60. The normalized spacial score (nSPS) is 16.1. The summed E-state index contributed by atoms with van der Waals surface area (Å²) >= 11 is 0. The van der Waals surface area contributed by atoms with Crippen LogP contribution in [0.2, 0.25) is 0 Å². The lowest BCUT2D eigenvalue weighted by Crippen LogP contribution is -2.07.